The molecule has 1 aliphatic rings. The molecule has 0 saturated carbocycles. The molecule has 21 heavy (non-hydrogen) atoms. The van der Waals surface area contributed by atoms with Gasteiger partial charge in [-0.3, -0.25) is 0 Å². The van der Waals surface area contributed by atoms with Crippen molar-refractivity contribution in [1.82, 2.24) is 9.55 Å². The molecule has 0 spiro atoms. The van der Waals surface area contributed by atoms with Crippen LogP contribution in [0.5, 0.6) is 0 Å². The molecular weight excluding hydrogens is 260 g/mol. The summed E-state index contributed by atoms with van der Waals surface area (Å²) < 4.78 is 8.02. The fourth-order valence-electron chi connectivity index (χ4n) is 2.84. The second kappa shape index (κ2) is 5.19. The van der Waals surface area contributed by atoms with Crippen LogP contribution in [0.4, 0.5) is 0 Å². The van der Waals surface area contributed by atoms with E-state index < -0.39 is 0 Å². The zero-order valence-corrected chi connectivity index (χ0v) is 11.6. The molecule has 3 nitrogen and oxygen atoms in total. The molecule has 3 heteroatoms. The van der Waals surface area contributed by atoms with Gasteiger partial charge >= 0.3 is 0 Å². The summed E-state index contributed by atoms with van der Waals surface area (Å²) in [5.74, 6) is 0. The molecule has 104 valence electrons. The summed E-state index contributed by atoms with van der Waals surface area (Å²) in [5.41, 5.74) is 4.70. The van der Waals surface area contributed by atoms with E-state index in [4.69, 9.17) is 4.74 Å². The van der Waals surface area contributed by atoms with Crippen molar-refractivity contribution in [1.29, 1.82) is 0 Å². The van der Waals surface area contributed by atoms with Gasteiger partial charge in [0.25, 0.3) is 0 Å². The number of imidazole rings is 1. The number of benzene rings is 2. The van der Waals surface area contributed by atoms with Gasteiger partial charge in [0.15, 0.2) is 6.23 Å². The summed E-state index contributed by atoms with van der Waals surface area (Å²) in [7, 11) is 0. The van der Waals surface area contributed by atoms with Gasteiger partial charge in [-0.2, -0.15) is 0 Å². The quantitative estimate of drug-likeness (QED) is 0.714. The van der Waals surface area contributed by atoms with Crippen molar-refractivity contribution in [2.45, 2.75) is 12.6 Å². The molecule has 0 N–H and O–H groups in total. The Balaban J connectivity index is 1.71. The number of hydrogen-bond donors (Lipinski definition) is 0. The highest BCUT2D eigenvalue weighted by Crippen LogP contribution is 2.29. The molecule has 0 aliphatic carbocycles. The van der Waals surface area contributed by atoms with Gasteiger partial charge in [-0.15, -0.1) is 0 Å². The highest BCUT2D eigenvalue weighted by molar-refractivity contribution is 5.57. The van der Waals surface area contributed by atoms with Gasteiger partial charge in [-0.1, -0.05) is 54.6 Å². The number of hydrogen-bond acceptors (Lipinski definition) is 2. The van der Waals surface area contributed by atoms with Crippen molar-refractivity contribution in [2.24, 2.45) is 0 Å². The Morgan fingerprint density at radius 2 is 1.81 bits per heavy atom. The monoisotopic (exact) mass is 276 g/mol. The fraction of sp³-hybridized carbons (Fsp3) is 0.167. The van der Waals surface area contributed by atoms with Gasteiger partial charge in [0, 0.05) is 17.3 Å². The van der Waals surface area contributed by atoms with Gasteiger partial charge in [0.1, 0.15) is 0 Å². The van der Waals surface area contributed by atoms with Crippen molar-refractivity contribution < 1.29 is 4.74 Å². The predicted octanol–water partition coefficient (Wildman–Crippen LogP) is 3.67. The smallest absolute Gasteiger partial charge is 0.161 e. The largest absolute Gasteiger partial charge is 0.353 e. The third kappa shape index (κ3) is 2.26. The fourth-order valence-corrected chi connectivity index (χ4v) is 2.84. The summed E-state index contributed by atoms with van der Waals surface area (Å²) in [6, 6.07) is 18.7. The first-order chi connectivity index (χ1) is 10.4. The van der Waals surface area contributed by atoms with Gasteiger partial charge in [0.2, 0.25) is 0 Å². The van der Waals surface area contributed by atoms with Crippen LogP contribution in [0.25, 0.3) is 11.3 Å². The summed E-state index contributed by atoms with van der Waals surface area (Å²) in [6.07, 6.45) is 4.82. The second-order valence-electron chi connectivity index (χ2n) is 5.24. The van der Waals surface area contributed by atoms with Crippen molar-refractivity contribution in [3.63, 3.8) is 0 Å². The van der Waals surface area contributed by atoms with Gasteiger partial charge in [-0.05, 0) is 12.0 Å². The van der Waals surface area contributed by atoms with Crippen LogP contribution in [0.3, 0.4) is 0 Å². The van der Waals surface area contributed by atoms with E-state index in [1.165, 1.54) is 11.1 Å². The standard InChI is InChI=1S/C18H16N2O/c1-2-7-15(8-3-1)17-12-20(13-19-17)18-16-9-5-4-6-14(16)10-11-21-18/h1-9,12-13,18H,10-11H2. The molecule has 0 bridgehead atoms. The maximum atomic E-state index is 5.96. The van der Waals surface area contributed by atoms with Crippen molar-refractivity contribution in [2.75, 3.05) is 6.61 Å². The molecule has 0 radical (unpaired) electrons. The zero-order valence-electron chi connectivity index (χ0n) is 11.6. The molecule has 1 aliphatic heterocycles. The molecule has 0 fully saturated rings. The van der Waals surface area contributed by atoms with Gasteiger partial charge in [0.05, 0.1) is 18.6 Å². The Morgan fingerprint density at radius 3 is 2.71 bits per heavy atom. The first kappa shape index (κ1) is 12.4. The van der Waals surface area contributed by atoms with E-state index in [9.17, 15) is 0 Å². The van der Waals surface area contributed by atoms with Crippen LogP contribution in [0.2, 0.25) is 0 Å². The predicted molar refractivity (Wildman–Crippen MR) is 81.9 cm³/mol. The van der Waals surface area contributed by atoms with E-state index in [1.807, 2.05) is 24.5 Å². The molecule has 0 amide bonds. The van der Waals surface area contributed by atoms with E-state index in [1.54, 1.807) is 0 Å². The number of ether oxygens (including phenoxy) is 1. The lowest BCUT2D eigenvalue weighted by molar-refractivity contribution is 0.0221. The molecule has 2 heterocycles. The van der Waals surface area contributed by atoms with E-state index in [0.29, 0.717) is 0 Å². The normalized spacial score (nSPS) is 17.4. The molecule has 1 unspecified atom stereocenters. The van der Waals surface area contributed by atoms with Gasteiger partial charge in [-0.25, -0.2) is 4.98 Å². The Bertz CT molecular complexity index is 749. The first-order valence-corrected chi connectivity index (χ1v) is 7.20. The second-order valence-corrected chi connectivity index (χ2v) is 5.24. The number of aromatic nitrogens is 2. The maximum absolute atomic E-state index is 5.96. The number of rotatable bonds is 2. The number of nitrogens with zero attached hydrogens (tertiary/aromatic N) is 2. The minimum absolute atomic E-state index is 0.0695. The zero-order chi connectivity index (χ0) is 14.1. The summed E-state index contributed by atoms with van der Waals surface area (Å²) in [6.45, 7) is 0.751. The molecule has 1 atom stereocenters. The summed E-state index contributed by atoms with van der Waals surface area (Å²) in [4.78, 5) is 4.52. The molecule has 3 aromatic rings. The van der Waals surface area contributed by atoms with Crippen LogP contribution in [-0.2, 0) is 11.2 Å². The van der Waals surface area contributed by atoms with Crippen molar-refractivity contribution in [3.8, 4) is 11.3 Å². The van der Waals surface area contributed by atoms with E-state index in [2.05, 4.69) is 52.1 Å². The molecule has 4 rings (SSSR count). The van der Waals surface area contributed by atoms with E-state index >= 15 is 0 Å². The van der Waals surface area contributed by atoms with Crippen LogP contribution < -0.4 is 0 Å². The van der Waals surface area contributed by atoms with Crippen LogP contribution in [0.1, 0.15) is 17.4 Å². The average Bonchev–Trinajstić information content (AvgIpc) is 3.05. The van der Waals surface area contributed by atoms with Crippen molar-refractivity contribution in [3.05, 3.63) is 78.2 Å². The molecule has 2 aromatic carbocycles. The first-order valence-electron chi connectivity index (χ1n) is 7.20. The minimum atomic E-state index is -0.0695. The van der Waals surface area contributed by atoms with Crippen molar-refractivity contribution >= 4 is 0 Å². The van der Waals surface area contributed by atoms with Crippen LogP contribution in [-0.4, -0.2) is 16.2 Å². The average molecular weight is 276 g/mol. The highest BCUT2D eigenvalue weighted by atomic mass is 16.5. The Kier molecular flexibility index (Phi) is 3.05. The third-order valence-corrected chi connectivity index (χ3v) is 3.91. The molecular formula is C18H16N2O. The maximum Gasteiger partial charge on any atom is 0.161 e. The van der Waals surface area contributed by atoms with Gasteiger partial charge < -0.3 is 9.30 Å². The topological polar surface area (TPSA) is 27.1 Å². The van der Waals surface area contributed by atoms with E-state index in [-0.39, 0.29) is 6.23 Å². The summed E-state index contributed by atoms with van der Waals surface area (Å²) >= 11 is 0. The highest BCUT2D eigenvalue weighted by Gasteiger charge is 2.22. The lowest BCUT2D eigenvalue weighted by atomic mass is 10.0. The SMILES string of the molecule is c1ccc(-c2cn(C3OCCc4ccccc43)cn2)cc1. The minimum Gasteiger partial charge on any atom is -0.353 e. The summed E-state index contributed by atoms with van der Waals surface area (Å²) in [5, 5.41) is 0. The lowest BCUT2D eigenvalue weighted by Crippen LogP contribution is -2.21. The lowest BCUT2D eigenvalue weighted by Gasteiger charge is -2.26. The Morgan fingerprint density at radius 1 is 1.00 bits per heavy atom. The Labute approximate surface area is 123 Å². The number of fused-ring (bicyclic) bond motifs is 1. The van der Waals surface area contributed by atoms with Crippen LogP contribution in [0.15, 0.2) is 67.1 Å². The third-order valence-electron chi connectivity index (χ3n) is 3.91. The Hall–Kier alpha value is -2.39. The van der Waals surface area contributed by atoms with E-state index in [0.717, 1.165) is 24.3 Å². The molecule has 1 aromatic heterocycles. The molecule has 0 saturated heterocycles. The van der Waals surface area contributed by atoms with Crippen LogP contribution in [0, 0.1) is 0 Å². The van der Waals surface area contributed by atoms with Crippen LogP contribution >= 0.6 is 0 Å².